The van der Waals surface area contributed by atoms with E-state index in [0.29, 0.717) is 5.75 Å². The molecule has 1 unspecified atom stereocenters. The van der Waals surface area contributed by atoms with Crippen molar-refractivity contribution < 1.29 is 9.84 Å². The highest BCUT2D eigenvalue weighted by molar-refractivity contribution is 5.49. The first-order valence-electron chi connectivity index (χ1n) is 6.18. The van der Waals surface area contributed by atoms with Gasteiger partial charge < -0.3 is 9.84 Å². The van der Waals surface area contributed by atoms with Crippen molar-refractivity contribution in [2.45, 2.75) is 19.3 Å². The highest BCUT2D eigenvalue weighted by Crippen LogP contribution is 2.38. The second kappa shape index (κ2) is 5.58. The largest absolute Gasteiger partial charge is 0.504 e. The Balaban J connectivity index is 2.46. The highest BCUT2D eigenvalue weighted by Gasteiger charge is 2.17. The first kappa shape index (κ1) is 12.5. The second-order valence-electron chi connectivity index (χ2n) is 4.27. The van der Waals surface area contributed by atoms with Crippen molar-refractivity contribution in [2.75, 3.05) is 7.11 Å². The molecule has 1 N–H and O–H groups in total. The molecule has 2 aromatic rings. The number of phenolic OH excluding ortho intramolecular Hbond substituents is 1. The van der Waals surface area contributed by atoms with Gasteiger partial charge in [0.05, 0.1) is 7.11 Å². The molecular weight excluding hydrogens is 224 g/mol. The minimum absolute atomic E-state index is 0.196. The molecule has 0 aromatic heterocycles. The maximum absolute atomic E-state index is 10.2. The number of methoxy groups -OCH3 is 1. The van der Waals surface area contributed by atoms with Crippen LogP contribution in [0.3, 0.4) is 0 Å². The van der Waals surface area contributed by atoms with Gasteiger partial charge in [-0.05, 0) is 18.1 Å². The molecule has 2 nitrogen and oxygen atoms in total. The molecule has 0 saturated heterocycles. The molecular formula is C16H18O2. The molecule has 0 heterocycles. The van der Waals surface area contributed by atoms with E-state index in [0.717, 1.165) is 12.0 Å². The molecule has 0 aliphatic carbocycles. The fraction of sp³-hybridized carbons (Fsp3) is 0.250. The predicted molar refractivity (Wildman–Crippen MR) is 73.2 cm³/mol. The summed E-state index contributed by atoms with van der Waals surface area (Å²) in [5, 5.41) is 10.2. The molecule has 2 rings (SSSR count). The summed E-state index contributed by atoms with van der Waals surface area (Å²) >= 11 is 0. The number of rotatable bonds is 4. The lowest BCUT2D eigenvalue weighted by atomic mass is 9.88. The van der Waals surface area contributed by atoms with Crippen molar-refractivity contribution in [2.24, 2.45) is 0 Å². The molecule has 0 saturated carbocycles. The van der Waals surface area contributed by atoms with Crippen molar-refractivity contribution in [3.05, 3.63) is 59.7 Å². The van der Waals surface area contributed by atoms with Crippen molar-refractivity contribution >= 4 is 0 Å². The van der Waals surface area contributed by atoms with Crippen LogP contribution in [0.15, 0.2) is 48.5 Å². The molecule has 0 fully saturated rings. The van der Waals surface area contributed by atoms with E-state index in [2.05, 4.69) is 19.1 Å². The van der Waals surface area contributed by atoms with Crippen molar-refractivity contribution in [3.63, 3.8) is 0 Å². The standard InChI is InChI=1S/C16H18O2/c1-3-13(12-8-5-4-6-9-12)14-10-7-11-15(18-2)16(14)17/h4-11,13,17H,3H2,1-2H3. The maximum Gasteiger partial charge on any atom is 0.161 e. The Morgan fingerprint density at radius 2 is 1.78 bits per heavy atom. The normalized spacial score (nSPS) is 12.1. The first-order chi connectivity index (χ1) is 8.77. The first-order valence-corrected chi connectivity index (χ1v) is 6.18. The van der Waals surface area contributed by atoms with Crippen LogP contribution in [0.2, 0.25) is 0 Å². The lowest BCUT2D eigenvalue weighted by molar-refractivity contribution is 0.369. The topological polar surface area (TPSA) is 29.5 Å². The third-order valence-corrected chi connectivity index (χ3v) is 3.24. The van der Waals surface area contributed by atoms with Crippen molar-refractivity contribution in [1.29, 1.82) is 0 Å². The van der Waals surface area contributed by atoms with E-state index in [4.69, 9.17) is 4.74 Å². The minimum atomic E-state index is 0.196. The Morgan fingerprint density at radius 3 is 2.39 bits per heavy atom. The van der Waals surface area contributed by atoms with Crippen LogP contribution in [-0.4, -0.2) is 12.2 Å². The number of para-hydroxylation sites is 1. The van der Waals surface area contributed by atoms with Crippen LogP contribution in [-0.2, 0) is 0 Å². The zero-order valence-corrected chi connectivity index (χ0v) is 10.8. The number of aromatic hydroxyl groups is 1. The van der Waals surface area contributed by atoms with Crippen molar-refractivity contribution in [1.82, 2.24) is 0 Å². The average molecular weight is 242 g/mol. The molecule has 2 heteroatoms. The van der Waals surface area contributed by atoms with E-state index in [9.17, 15) is 5.11 Å². The summed E-state index contributed by atoms with van der Waals surface area (Å²) in [6.07, 6.45) is 0.935. The third-order valence-electron chi connectivity index (χ3n) is 3.24. The van der Waals surface area contributed by atoms with Gasteiger partial charge in [0.25, 0.3) is 0 Å². The minimum Gasteiger partial charge on any atom is -0.504 e. The van der Waals surface area contributed by atoms with E-state index in [1.807, 2.05) is 30.3 Å². The van der Waals surface area contributed by atoms with E-state index in [1.54, 1.807) is 13.2 Å². The fourth-order valence-electron chi connectivity index (χ4n) is 2.31. The Kier molecular flexibility index (Phi) is 3.88. The molecule has 0 aliphatic rings. The third kappa shape index (κ3) is 2.33. The lowest BCUT2D eigenvalue weighted by Crippen LogP contribution is -2.00. The van der Waals surface area contributed by atoms with Crippen LogP contribution in [0.25, 0.3) is 0 Å². The molecule has 0 amide bonds. The van der Waals surface area contributed by atoms with E-state index in [1.165, 1.54) is 5.56 Å². The van der Waals surface area contributed by atoms with Gasteiger partial charge in [-0.1, -0.05) is 49.4 Å². The second-order valence-corrected chi connectivity index (χ2v) is 4.27. The Hall–Kier alpha value is -1.96. The van der Waals surface area contributed by atoms with Crippen LogP contribution in [0, 0.1) is 0 Å². The molecule has 0 aliphatic heterocycles. The summed E-state index contributed by atoms with van der Waals surface area (Å²) in [7, 11) is 1.57. The zero-order valence-electron chi connectivity index (χ0n) is 10.8. The smallest absolute Gasteiger partial charge is 0.161 e. The van der Waals surface area contributed by atoms with Crippen LogP contribution >= 0.6 is 0 Å². The SMILES string of the molecule is CCC(c1ccccc1)c1cccc(OC)c1O. The average Bonchev–Trinajstić information content (AvgIpc) is 2.43. The summed E-state index contributed by atoms with van der Waals surface area (Å²) in [5.41, 5.74) is 2.13. The molecule has 0 spiro atoms. The van der Waals surface area contributed by atoms with Crippen LogP contribution < -0.4 is 4.74 Å². The van der Waals surface area contributed by atoms with Gasteiger partial charge in [-0.25, -0.2) is 0 Å². The fourth-order valence-corrected chi connectivity index (χ4v) is 2.31. The summed E-state index contributed by atoms with van der Waals surface area (Å²) < 4.78 is 5.17. The quantitative estimate of drug-likeness (QED) is 0.879. The van der Waals surface area contributed by atoms with Gasteiger partial charge in [0.15, 0.2) is 11.5 Å². The van der Waals surface area contributed by atoms with Crippen molar-refractivity contribution in [3.8, 4) is 11.5 Å². The predicted octanol–water partition coefficient (Wildman–Crippen LogP) is 3.94. The Labute approximate surface area is 108 Å². The monoisotopic (exact) mass is 242 g/mol. The highest BCUT2D eigenvalue weighted by atomic mass is 16.5. The molecule has 1 atom stereocenters. The summed E-state index contributed by atoms with van der Waals surface area (Å²) in [4.78, 5) is 0. The Bertz CT molecular complexity index is 506. The van der Waals surface area contributed by atoms with Gasteiger partial charge in [0.2, 0.25) is 0 Å². The van der Waals surface area contributed by atoms with Gasteiger partial charge in [0.1, 0.15) is 0 Å². The van der Waals surface area contributed by atoms with Crippen LogP contribution in [0.1, 0.15) is 30.4 Å². The van der Waals surface area contributed by atoms with E-state index in [-0.39, 0.29) is 11.7 Å². The van der Waals surface area contributed by atoms with Gasteiger partial charge in [-0.2, -0.15) is 0 Å². The number of hydrogen-bond acceptors (Lipinski definition) is 2. The summed E-state index contributed by atoms with van der Waals surface area (Å²) in [6.45, 7) is 2.12. The van der Waals surface area contributed by atoms with Gasteiger partial charge in [-0.3, -0.25) is 0 Å². The van der Waals surface area contributed by atoms with Crippen LogP contribution in [0.4, 0.5) is 0 Å². The lowest BCUT2D eigenvalue weighted by Gasteiger charge is -2.18. The zero-order chi connectivity index (χ0) is 13.0. The van der Waals surface area contributed by atoms with Gasteiger partial charge >= 0.3 is 0 Å². The van der Waals surface area contributed by atoms with Gasteiger partial charge in [-0.15, -0.1) is 0 Å². The summed E-state index contributed by atoms with van der Waals surface area (Å²) in [5.74, 6) is 0.971. The Morgan fingerprint density at radius 1 is 1.06 bits per heavy atom. The van der Waals surface area contributed by atoms with Crippen LogP contribution in [0.5, 0.6) is 11.5 Å². The number of phenols is 1. The number of benzene rings is 2. The molecule has 0 bridgehead atoms. The maximum atomic E-state index is 10.2. The molecule has 2 aromatic carbocycles. The number of ether oxygens (including phenoxy) is 1. The summed E-state index contributed by atoms with van der Waals surface area (Å²) in [6, 6.07) is 15.9. The van der Waals surface area contributed by atoms with Gasteiger partial charge in [0, 0.05) is 11.5 Å². The molecule has 94 valence electrons. The van der Waals surface area contributed by atoms with E-state index < -0.39 is 0 Å². The molecule has 0 radical (unpaired) electrons. The van der Waals surface area contributed by atoms with E-state index >= 15 is 0 Å². The molecule has 18 heavy (non-hydrogen) atoms. The number of hydrogen-bond donors (Lipinski definition) is 1.